The van der Waals surface area contributed by atoms with Gasteiger partial charge in [-0.05, 0) is 28.9 Å². The second-order valence-corrected chi connectivity index (χ2v) is 4.61. The van der Waals surface area contributed by atoms with E-state index in [0.29, 0.717) is 0 Å². The van der Waals surface area contributed by atoms with Gasteiger partial charge in [-0.2, -0.15) is 0 Å². The molecule has 1 heterocycles. The van der Waals surface area contributed by atoms with Gasteiger partial charge in [-0.3, -0.25) is 0 Å². The number of esters is 1. The van der Waals surface area contributed by atoms with Gasteiger partial charge >= 0.3 is 5.97 Å². The Bertz CT molecular complexity index is 521. The zero-order chi connectivity index (χ0) is 12.3. The molecule has 0 radical (unpaired) electrons. The molecule has 0 saturated carbocycles. The van der Waals surface area contributed by atoms with Gasteiger partial charge in [0.15, 0.2) is 0 Å². The average Bonchev–Trinajstić information content (AvgIpc) is 2.79. The average molecular weight is 249 g/mol. The number of ether oxygens (including phenoxy) is 1. The van der Waals surface area contributed by atoms with Crippen LogP contribution in [0, 0.1) is 0 Å². The molecule has 1 unspecified atom stereocenters. The molecule has 0 aliphatic heterocycles. The number of benzene rings is 1. The number of hydrogen-bond acceptors (Lipinski definition) is 4. The lowest BCUT2D eigenvalue weighted by Crippen LogP contribution is -2.29. The number of hydrogen-bond donors (Lipinski definition) is 1. The van der Waals surface area contributed by atoms with Crippen molar-refractivity contribution in [1.29, 1.82) is 0 Å². The molecule has 0 spiro atoms. The van der Waals surface area contributed by atoms with Crippen LogP contribution < -0.4 is 5.32 Å². The molecule has 17 heavy (non-hydrogen) atoms. The highest BCUT2D eigenvalue weighted by Crippen LogP contribution is 2.30. The number of thiophene rings is 1. The van der Waals surface area contributed by atoms with Crippen LogP contribution in [0.4, 0.5) is 0 Å². The van der Waals surface area contributed by atoms with Crippen LogP contribution in [0.15, 0.2) is 29.6 Å². The number of rotatable bonds is 4. The van der Waals surface area contributed by atoms with Crippen molar-refractivity contribution < 1.29 is 9.53 Å². The first kappa shape index (κ1) is 12.1. The fourth-order valence-corrected chi connectivity index (χ4v) is 2.85. The summed E-state index contributed by atoms with van der Waals surface area (Å²) in [5, 5.41) is 6.30. The predicted octanol–water partition coefficient (Wildman–Crippen LogP) is 2.72. The molecule has 0 saturated heterocycles. The van der Waals surface area contributed by atoms with Gasteiger partial charge in [0, 0.05) is 4.70 Å². The quantitative estimate of drug-likeness (QED) is 0.847. The molecule has 1 N–H and O–H groups in total. The summed E-state index contributed by atoms with van der Waals surface area (Å²) in [6, 6.07) is 7.71. The van der Waals surface area contributed by atoms with E-state index in [9.17, 15) is 4.79 Å². The van der Waals surface area contributed by atoms with E-state index in [1.165, 1.54) is 11.8 Å². The van der Waals surface area contributed by atoms with E-state index in [4.69, 9.17) is 4.74 Å². The maximum atomic E-state index is 11.8. The van der Waals surface area contributed by atoms with Crippen molar-refractivity contribution in [2.45, 2.75) is 13.0 Å². The molecule has 0 fully saturated rings. The molecule has 1 aromatic heterocycles. The summed E-state index contributed by atoms with van der Waals surface area (Å²) in [4.78, 5) is 11.8. The first-order valence-corrected chi connectivity index (χ1v) is 6.43. The standard InChI is InChI=1S/C13H15NO2S/c1-3-14-12(13(15)16-2)10-8-17-11-7-5-4-6-9(10)11/h4-8,12,14H,3H2,1-2H3. The van der Waals surface area contributed by atoms with Crippen LogP contribution in [0.25, 0.3) is 10.1 Å². The lowest BCUT2D eigenvalue weighted by Gasteiger charge is -2.14. The maximum Gasteiger partial charge on any atom is 0.327 e. The highest BCUT2D eigenvalue weighted by molar-refractivity contribution is 7.17. The molecule has 2 rings (SSSR count). The molecular weight excluding hydrogens is 234 g/mol. The van der Waals surface area contributed by atoms with Crippen LogP contribution in [0.2, 0.25) is 0 Å². The second kappa shape index (κ2) is 5.29. The summed E-state index contributed by atoms with van der Waals surface area (Å²) < 4.78 is 6.03. The van der Waals surface area contributed by atoms with Gasteiger partial charge in [-0.15, -0.1) is 11.3 Å². The Morgan fingerprint density at radius 3 is 2.94 bits per heavy atom. The van der Waals surface area contributed by atoms with Crippen LogP contribution in [0.3, 0.4) is 0 Å². The highest BCUT2D eigenvalue weighted by atomic mass is 32.1. The first-order valence-electron chi connectivity index (χ1n) is 5.55. The SMILES string of the molecule is CCNC(C(=O)OC)c1csc2ccccc12. The van der Waals surface area contributed by atoms with E-state index in [1.54, 1.807) is 11.3 Å². The van der Waals surface area contributed by atoms with Crippen LogP contribution in [-0.4, -0.2) is 19.6 Å². The minimum absolute atomic E-state index is 0.240. The lowest BCUT2D eigenvalue weighted by atomic mass is 10.1. The molecule has 0 amide bonds. The van der Waals surface area contributed by atoms with Gasteiger partial charge in [0.05, 0.1) is 7.11 Å². The van der Waals surface area contributed by atoms with E-state index in [2.05, 4.69) is 11.4 Å². The lowest BCUT2D eigenvalue weighted by molar-refractivity contribution is -0.143. The van der Waals surface area contributed by atoms with Gasteiger partial charge in [0.25, 0.3) is 0 Å². The third-order valence-electron chi connectivity index (χ3n) is 2.67. The van der Waals surface area contributed by atoms with E-state index in [1.807, 2.05) is 30.5 Å². The topological polar surface area (TPSA) is 38.3 Å². The minimum Gasteiger partial charge on any atom is -0.468 e. The molecule has 0 bridgehead atoms. The van der Waals surface area contributed by atoms with Crippen molar-refractivity contribution in [3.8, 4) is 0 Å². The van der Waals surface area contributed by atoms with Crippen LogP contribution >= 0.6 is 11.3 Å². The van der Waals surface area contributed by atoms with Gasteiger partial charge in [-0.1, -0.05) is 25.1 Å². The molecule has 0 aliphatic rings. The number of carbonyl (C=O) groups is 1. The Balaban J connectivity index is 2.45. The Kier molecular flexibility index (Phi) is 3.76. The van der Waals surface area contributed by atoms with E-state index in [-0.39, 0.29) is 12.0 Å². The zero-order valence-electron chi connectivity index (χ0n) is 9.90. The number of likely N-dealkylation sites (N-methyl/N-ethyl adjacent to an activating group) is 1. The highest BCUT2D eigenvalue weighted by Gasteiger charge is 2.22. The van der Waals surface area contributed by atoms with Crippen LogP contribution in [-0.2, 0) is 9.53 Å². The van der Waals surface area contributed by atoms with Gasteiger partial charge in [0.1, 0.15) is 6.04 Å². The minimum atomic E-state index is -0.374. The summed E-state index contributed by atoms with van der Waals surface area (Å²) in [5.41, 5.74) is 0.999. The van der Waals surface area contributed by atoms with E-state index >= 15 is 0 Å². The molecule has 3 nitrogen and oxygen atoms in total. The Hall–Kier alpha value is -1.39. The molecule has 90 valence electrons. The van der Waals surface area contributed by atoms with Gasteiger partial charge in [0.2, 0.25) is 0 Å². The van der Waals surface area contributed by atoms with E-state index in [0.717, 1.165) is 17.5 Å². The molecule has 0 aliphatic carbocycles. The van der Waals surface area contributed by atoms with Crippen molar-refractivity contribution >= 4 is 27.4 Å². The second-order valence-electron chi connectivity index (χ2n) is 3.70. The largest absolute Gasteiger partial charge is 0.468 e. The Morgan fingerprint density at radius 2 is 2.24 bits per heavy atom. The summed E-state index contributed by atoms with van der Waals surface area (Å²) >= 11 is 1.65. The van der Waals surface area contributed by atoms with Crippen molar-refractivity contribution in [1.82, 2.24) is 5.32 Å². The van der Waals surface area contributed by atoms with Crippen molar-refractivity contribution in [3.63, 3.8) is 0 Å². The third kappa shape index (κ3) is 2.33. The smallest absolute Gasteiger partial charge is 0.327 e. The van der Waals surface area contributed by atoms with Crippen molar-refractivity contribution in [2.75, 3.05) is 13.7 Å². The molecular formula is C13H15NO2S. The predicted molar refractivity (Wildman–Crippen MR) is 70.3 cm³/mol. The Labute approximate surface area is 104 Å². The van der Waals surface area contributed by atoms with Gasteiger partial charge in [-0.25, -0.2) is 4.79 Å². The molecule has 1 atom stereocenters. The third-order valence-corrected chi connectivity index (χ3v) is 3.65. The fraction of sp³-hybridized carbons (Fsp3) is 0.308. The molecule has 4 heteroatoms. The summed E-state index contributed by atoms with van der Waals surface area (Å²) in [6.07, 6.45) is 0. The van der Waals surface area contributed by atoms with Crippen LogP contribution in [0.1, 0.15) is 18.5 Å². The van der Waals surface area contributed by atoms with Crippen LogP contribution in [0.5, 0.6) is 0 Å². The number of carbonyl (C=O) groups excluding carboxylic acids is 1. The molecule has 2 aromatic rings. The fourth-order valence-electron chi connectivity index (χ4n) is 1.86. The Morgan fingerprint density at radius 1 is 1.47 bits per heavy atom. The number of methoxy groups -OCH3 is 1. The zero-order valence-corrected chi connectivity index (χ0v) is 10.7. The van der Waals surface area contributed by atoms with E-state index < -0.39 is 0 Å². The number of nitrogens with one attached hydrogen (secondary N) is 1. The summed E-state index contributed by atoms with van der Waals surface area (Å²) in [5.74, 6) is -0.240. The normalized spacial score (nSPS) is 12.6. The first-order chi connectivity index (χ1) is 8.27. The van der Waals surface area contributed by atoms with Crippen molar-refractivity contribution in [2.24, 2.45) is 0 Å². The number of fused-ring (bicyclic) bond motifs is 1. The maximum absolute atomic E-state index is 11.8. The monoisotopic (exact) mass is 249 g/mol. The van der Waals surface area contributed by atoms with Gasteiger partial charge < -0.3 is 10.1 Å². The summed E-state index contributed by atoms with van der Waals surface area (Å²) in [6.45, 7) is 2.70. The van der Waals surface area contributed by atoms with Crippen molar-refractivity contribution in [3.05, 3.63) is 35.2 Å². The molecule has 1 aromatic carbocycles. The summed E-state index contributed by atoms with van der Waals surface area (Å²) in [7, 11) is 1.42.